The zero-order valence-electron chi connectivity index (χ0n) is 14.1. The van der Waals surface area contributed by atoms with Crippen molar-refractivity contribution < 1.29 is 14.2 Å². The predicted molar refractivity (Wildman–Crippen MR) is 97.1 cm³/mol. The van der Waals surface area contributed by atoms with Crippen LogP contribution in [0.2, 0.25) is 0 Å². The SMILES string of the molecule is COCCSc1nc(N)c(C#N)c(-c2ccc3c(c2)OCCO3)c1C#N. The summed E-state index contributed by atoms with van der Waals surface area (Å²) in [6.07, 6.45) is 0. The Labute approximate surface area is 155 Å². The summed E-state index contributed by atoms with van der Waals surface area (Å²) in [4.78, 5) is 4.24. The first-order chi connectivity index (χ1) is 12.7. The third kappa shape index (κ3) is 3.38. The van der Waals surface area contributed by atoms with Gasteiger partial charge < -0.3 is 19.9 Å². The van der Waals surface area contributed by atoms with E-state index in [1.165, 1.54) is 11.8 Å². The van der Waals surface area contributed by atoms with E-state index in [0.29, 0.717) is 58.8 Å². The van der Waals surface area contributed by atoms with E-state index in [2.05, 4.69) is 17.1 Å². The van der Waals surface area contributed by atoms with E-state index in [9.17, 15) is 10.5 Å². The molecule has 0 saturated carbocycles. The van der Waals surface area contributed by atoms with Crippen LogP contribution in [0, 0.1) is 22.7 Å². The van der Waals surface area contributed by atoms with Crippen LogP contribution < -0.4 is 15.2 Å². The van der Waals surface area contributed by atoms with Crippen LogP contribution in [-0.4, -0.2) is 37.7 Å². The molecule has 2 aromatic rings. The second kappa shape index (κ2) is 7.96. The number of pyridine rings is 1. The van der Waals surface area contributed by atoms with Crippen molar-refractivity contribution in [2.45, 2.75) is 5.03 Å². The summed E-state index contributed by atoms with van der Waals surface area (Å²) >= 11 is 1.36. The molecule has 0 bridgehead atoms. The second-order valence-corrected chi connectivity index (χ2v) is 6.43. The molecule has 0 unspecified atom stereocenters. The molecule has 1 aliphatic heterocycles. The zero-order chi connectivity index (χ0) is 18.5. The summed E-state index contributed by atoms with van der Waals surface area (Å²) in [7, 11) is 1.60. The van der Waals surface area contributed by atoms with E-state index in [1.54, 1.807) is 25.3 Å². The maximum Gasteiger partial charge on any atom is 0.161 e. The number of ether oxygens (including phenoxy) is 3. The fourth-order valence-electron chi connectivity index (χ4n) is 2.61. The Kier molecular flexibility index (Phi) is 5.47. The molecule has 0 radical (unpaired) electrons. The molecule has 0 spiro atoms. The quantitative estimate of drug-likeness (QED) is 0.633. The number of nitrogens with zero attached hydrogens (tertiary/aromatic N) is 3. The van der Waals surface area contributed by atoms with Gasteiger partial charge in [-0.2, -0.15) is 10.5 Å². The van der Waals surface area contributed by atoms with Gasteiger partial charge in [0.25, 0.3) is 0 Å². The van der Waals surface area contributed by atoms with Gasteiger partial charge in [0, 0.05) is 18.4 Å². The first-order valence-electron chi connectivity index (χ1n) is 7.85. The van der Waals surface area contributed by atoms with Gasteiger partial charge in [-0.05, 0) is 17.7 Å². The maximum absolute atomic E-state index is 9.73. The number of rotatable bonds is 5. The van der Waals surface area contributed by atoms with Crippen molar-refractivity contribution in [1.29, 1.82) is 10.5 Å². The molecule has 132 valence electrons. The molecular weight excluding hydrogens is 352 g/mol. The lowest BCUT2D eigenvalue weighted by molar-refractivity contribution is 0.171. The van der Waals surface area contributed by atoms with Crippen molar-refractivity contribution in [1.82, 2.24) is 4.98 Å². The van der Waals surface area contributed by atoms with Gasteiger partial charge in [-0.3, -0.25) is 0 Å². The highest BCUT2D eigenvalue weighted by Gasteiger charge is 2.22. The lowest BCUT2D eigenvalue weighted by atomic mass is 9.96. The lowest BCUT2D eigenvalue weighted by Crippen LogP contribution is -2.15. The van der Waals surface area contributed by atoms with Crippen LogP contribution in [-0.2, 0) is 4.74 Å². The number of methoxy groups -OCH3 is 1. The number of hydrogen-bond donors (Lipinski definition) is 1. The minimum absolute atomic E-state index is 0.0938. The van der Waals surface area contributed by atoms with Gasteiger partial charge in [-0.25, -0.2) is 4.98 Å². The molecular formula is C18H16N4O3S. The molecule has 3 rings (SSSR count). The summed E-state index contributed by atoms with van der Waals surface area (Å²) < 4.78 is 16.2. The number of thioether (sulfide) groups is 1. The van der Waals surface area contributed by atoms with Gasteiger partial charge in [0.2, 0.25) is 0 Å². The van der Waals surface area contributed by atoms with Gasteiger partial charge in [0.05, 0.1) is 12.2 Å². The standard InChI is InChI=1S/C18H16N4O3S/c1-23-6-7-26-18-13(10-20)16(12(9-19)17(21)22-18)11-2-3-14-15(8-11)25-5-4-24-14/h2-3,8H,4-7H2,1H3,(H2,21,22). The summed E-state index contributed by atoms with van der Waals surface area (Å²) in [5, 5.41) is 19.8. The molecule has 1 aliphatic rings. The highest BCUT2D eigenvalue weighted by atomic mass is 32.2. The van der Waals surface area contributed by atoms with Gasteiger partial charge >= 0.3 is 0 Å². The Hall–Kier alpha value is -2.94. The van der Waals surface area contributed by atoms with Gasteiger partial charge in [0.1, 0.15) is 41.8 Å². The molecule has 0 aliphatic carbocycles. The van der Waals surface area contributed by atoms with Crippen molar-refractivity contribution in [2.75, 3.05) is 38.4 Å². The molecule has 0 fully saturated rings. The smallest absolute Gasteiger partial charge is 0.161 e. The Morgan fingerprint density at radius 1 is 1.19 bits per heavy atom. The Morgan fingerprint density at radius 2 is 1.92 bits per heavy atom. The number of nitrogens with two attached hydrogens (primary N) is 1. The Morgan fingerprint density at radius 3 is 2.62 bits per heavy atom. The third-order valence-electron chi connectivity index (χ3n) is 3.77. The number of anilines is 1. The van der Waals surface area contributed by atoms with Crippen molar-refractivity contribution >= 4 is 17.6 Å². The number of nitrogen functional groups attached to an aromatic ring is 1. The molecule has 1 aromatic carbocycles. The number of benzene rings is 1. The second-order valence-electron chi connectivity index (χ2n) is 5.35. The fourth-order valence-corrected chi connectivity index (χ4v) is 3.51. The molecule has 7 nitrogen and oxygen atoms in total. The van der Waals surface area contributed by atoms with Gasteiger partial charge in [-0.1, -0.05) is 6.07 Å². The molecule has 26 heavy (non-hydrogen) atoms. The van der Waals surface area contributed by atoms with Gasteiger partial charge in [0.15, 0.2) is 11.5 Å². The first-order valence-corrected chi connectivity index (χ1v) is 8.83. The van der Waals surface area contributed by atoms with E-state index >= 15 is 0 Å². The Bertz CT molecular complexity index is 918. The monoisotopic (exact) mass is 368 g/mol. The number of fused-ring (bicyclic) bond motifs is 1. The van der Waals surface area contributed by atoms with E-state index in [4.69, 9.17) is 19.9 Å². The average molecular weight is 368 g/mol. The van der Waals surface area contributed by atoms with E-state index in [1.807, 2.05) is 0 Å². The number of hydrogen-bond acceptors (Lipinski definition) is 8. The largest absolute Gasteiger partial charge is 0.486 e. The molecule has 1 aromatic heterocycles. The summed E-state index contributed by atoms with van der Waals surface area (Å²) in [5.41, 5.74) is 7.60. The minimum Gasteiger partial charge on any atom is -0.486 e. The van der Waals surface area contributed by atoms with E-state index < -0.39 is 0 Å². The van der Waals surface area contributed by atoms with Crippen LogP contribution in [0.15, 0.2) is 23.2 Å². The van der Waals surface area contributed by atoms with Crippen LogP contribution in [0.1, 0.15) is 11.1 Å². The van der Waals surface area contributed by atoms with Crippen LogP contribution in [0.3, 0.4) is 0 Å². The molecule has 0 amide bonds. The lowest BCUT2D eigenvalue weighted by Gasteiger charge is -2.20. The van der Waals surface area contributed by atoms with Crippen LogP contribution in [0.4, 0.5) is 5.82 Å². The normalized spacial score (nSPS) is 12.3. The predicted octanol–water partition coefficient (Wildman–Crippen LogP) is 2.58. The number of aromatic nitrogens is 1. The minimum atomic E-state index is 0.0938. The summed E-state index contributed by atoms with van der Waals surface area (Å²) in [6, 6.07) is 9.54. The van der Waals surface area contributed by atoms with E-state index in [0.717, 1.165) is 0 Å². The summed E-state index contributed by atoms with van der Waals surface area (Å²) in [6.45, 7) is 1.45. The molecule has 2 heterocycles. The Balaban J connectivity index is 2.15. The molecule has 0 saturated heterocycles. The van der Waals surface area contributed by atoms with Crippen molar-refractivity contribution in [3.05, 3.63) is 29.3 Å². The fraction of sp³-hybridized carbons (Fsp3) is 0.278. The molecule has 0 atom stereocenters. The van der Waals surface area contributed by atoms with Crippen LogP contribution in [0.5, 0.6) is 11.5 Å². The molecule has 8 heteroatoms. The average Bonchev–Trinajstić information content (AvgIpc) is 2.67. The summed E-state index contributed by atoms with van der Waals surface area (Å²) in [5.74, 6) is 1.92. The zero-order valence-corrected chi connectivity index (χ0v) is 14.9. The highest BCUT2D eigenvalue weighted by molar-refractivity contribution is 7.99. The highest BCUT2D eigenvalue weighted by Crippen LogP contribution is 2.40. The van der Waals surface area contributed by atoms with Crippen LogP contribution >= 0.6 is 11.8 Å². The van der Waals surface area contributed by atoms with Crippen molar-refractivity contribution in [3.63, 3.8) is 0 Å². The van der Waals surface area contributed by atoms with E-state index in [-0.39, 0.29) is 11.4 Å². The molecule has 2 N–H and O–H groups in total. The van der Waals surface area contributed by atoms with Crippen molar-refractivity contribution in [3.8, 4) is 34.8 Å². The van der Waals surface area contributed by atoms with Crippen LogP contribution in [0.25, 0.3) is 11.1 Å². The third-order valence-corrected chi connectivity index (χ3v) is 4.71. The van der Waals surface area contributed by atoms with Crippen molar-refractivity contribution in [2.24, 2.45) is 0 Å². The maximum atomic E-state index is 9.73. The first kappa shape index (κ1) is 17.9. The van der Waals surface area contributed by atoms with Gasteiger partial charge in [-0.15, -0.1) is 11.8 Å². The number of nitriles is 2. The topological polar surface area (TPSA) is 114 Å².